The molecule has 9 heteroatoms. The van der Waals surface area contributed by atoms with Gasteiger partial charge in [0.15, 0.2) is 0 Å². The number of hydrogen-bond acceptors (Lipinski definition) is 6. The summed E-state index contributed by atoms with van der Waals surface area (Å²) in [5.74, 6) is -1.75. The van der Waals surface area contributed by atoms with Crippen LogP contribution in [0.4, 0.5) is 11.4 Å². The molecule has 5 aromatic rings. The fourth-order valence-corrected chi connectivity index (χ4v) is 5.95. The van der Waals surface area contributed by atoms with Crippen LogP contribution in [0.1, 0.15) is 39.6 Å². The topological polar surface area (TPSA) is 114 Å². The lowest BCUT2D eigenvalue weighted by Gasteiger charge is -2.17. The van der Waals surface area contributed by atoms with Crippen molar-refractivity contribution in [2.45, 2.75) is 23.5 Å². The number of esters is 1. The van der Waals surface area contributed by atoms with Gasteiger partial charge in [-0.25, -0.2) is 4.79 Å². The molecule has 0 aliphatic rings. The summed E-state index contributed by atoms with van der Waals surface area (Å²) in [5, 5.41) is 8.03. The number of nitrogens with one attached hydrogen (secondary N) is 3. The van der Waals surface area contributed by atoms with Crippen LogP contribution in [0.25, 0.3) is 17.2 Å². The van der Waals surface area contributed by atoms with E-state index in [1.165, 1.54) is 18.9 Å². The molecule has 8 nitrogen and oxygen atoms in total. The van der Waals surface area contributed by atoms with Crippen molar-refractivity contribution in [2.75, 3.05) is 17.7 Å². The molecular weight excluding hydrogens is 635 g/mol. The molecule has 5 rings (SSSR count). The molecule has 0 heterocycles. The number of ether oxygens (including phenoxy) is 1. The zero-order valence-electron chi connectivity index (χ0n) is 27.0. The van der Waals surface area contributed by atoms with E-state index in [-0.39, 0.29) is 17.2 Å². The Bertz CT molecular complexity index is 1960. The summed E-state index contributed by atoms with van der Waals surface area (Å²) in [5.41, 5.74) is 4.42. The van der Waals surface area contributed by atoms with Crippen LogP contribution in [-0.4, -0.2) is 36.1 Å². The average molecular weight is 670 g/mol. The Morgan fingerprint density at radius 1 is 0.735 bits per heavy atom. The average Bonchev–Trinajstić information content (AvgIpc) is 3.14. The molecule has 246 valence electrons. The number of thioether (sulfide) groups is 1. The summed E-state index contributed by atoms with van der Waals surface area (Å²) in [7, 11) is 1.29. The lowest BCUT2D eigenvalue weighted by molar-refractivity contribution is -0.116. The van der Waals surface area contributed by atoms with Gasteiger partial charge in [0.25, 0.3) is 11.8 Å². The third kappa shape index (κ3) is 9.33. The molecule has 3 amide bonds. The van der Waals surface area contributed by atoms with Crippen molar-refractivity contribution < 1.29 is 23.9 Å². The third-order valence-electron chi connectivity index (χ3n) is 7.48. The van der Waals surface area contributed by atoms with E-state index in [0.29, 0.717) is 23.4 Å². The molecule has 1 atom stereocenters. The zero-order valence-corrected chi connectivity index (χ0v) is 27.8. The maximum atomic E-state index is 13.7. The summed E-state index contributed by atoms with van der Waals surface area (Å²) in [6.45, 7) is 1.90. The van der Waals surface area contributed by atoms with Crippen LogP contribution in [0.3, 0.4) is 0 Å². The fourth-order valence-electron chi connectivity index (χ4n) is 4.94. The number of hydrogen-bond donors (Lipinski definition) is 3. The van der Waals surface area contributed by atoms with E-state index >= 15 is 0 Å². The maximum Gasteiger partial charge on any atom is 0.339 e. The summed E-state index contributed by atoms with van der Waals surface area (Å²) in [6, 6.07) is 40.1. The van der Waals surface area contributed by atoms with Crippen LogP contribution in [0.5, 0.6) is 0 Å². The van der Waals surface area contributed by atoms with Gasteiger partial charge in [0.05, 0.1) is 23.6 Å². The first-order valence-electron chi connectivity index (χ1n) is 15.6. The van der Waals surface area contributed by atoms with Crippen LogP contribution in [-0.2, 0) is 14.3 Å². The Morgan fingerprint density at radius 3 is 2.08 bits per heavy atom. The Morgan fingerprint density at radius 2 is 1.39 bits per heavy atom. The Hall–Kier alpha value is -5.93. The standard InChI is InChI=1S/C40H35N3O5S/c1-3-36(39(46)42-34-20-11-10-19-33(34)40(47)48-2)49-32-18-12-17-31(26-32)41-38(45)35(43-37(44)30-15-8-5-9-16-30)25-27-21-23-29(24-22-27)28-13-6-4-7-14-28/h4-26,36H,3H2,1-2H3,(H,41,45)(H,42,46)(H,43,44)/b35-25+. The van der Waals surface area contributed by atoms with E-state index in [4.69, 9.17) is 4.74 Å². The molecule has 0 aliphatic heterocycles. The first kappa shape index (κ1) is 34.4. The largest absolute Gasteiger partial charge is 0.465 e. The monoisotopic (exact) mass is 669 g/mol. The van der Waals surface area contributed by atoms with E-state index in [1.54, 1.807) is 72.8 Å². The number of carbonyl (C=O) groups is 4. The van der Waals surface area contributed by atoms with E-state index in [0.717, 1.165) is 21.6 Å². The predicted molar refractivity (Wildman–Crippen MR) is 195 cm³/mol. The number of carbonyl (C=O) groups excluding carboxylic acids is 4. The van der Waals surface area contributed by atoms with Crippen molar-refractivity contribution in [3.05, 3.63) is 156 Å². The highest BCUT2D eigenvalue weighted by Crippen LogP contribution is 2.29. The van der Waals surface area contributed by atoms with Crippen LogP contribution in [0.2, 0.25) is 0 Å². The maximum absolute atomic E-state index is 13.7. The van der Waals surface area contributed by atoms with Crippen LogP contribution in [0.15, 0.2) is 144 Å². The minimum Gasteiger partial charge on any atom is -0.465 e. The minimum absolute atomic E-state index is 0.0643. The summed E-state index contributed by atoms with van der Waals surface area (Å²) in [4.78, 5) is 53.0. The van der Waals surface area contributed by atoms with Gasteiger partial charge in [0.2, 0.25) is 5.91 Å². The van der Waals surface area contributed by atoms with Crippen molar-refractivity contribution >= 4 is 52.9 Å². The smallest absolute Gasteiger partial charge is 0.339 e. The molecule has 0 fully saturated rings. The molecule has 0 spiro atoms. The lowest BCUT2D eigenvalue weighted by Crippen LogP contribution is -2.30. The normalized spacial score (nSPS) is 11.6. The molecule has 3 N–H and O–H groups in total. The molecule has 49 heavy (non-hydrogen) atoms. The van der Waals surface area contributed by atoms with Crippen molar-refractivity contribution in [1.29, 1.82) is 0 Å². The van der Waals surface area contributed by atoms with Gasteiger partial charge in [-0.2, -0.15) is 0 Å². The molecule has 1 unspecified atom stereocenters. The Kier molecular flexibility index (Phi) is 11.8. The zero-order chi connectivity index (χ0) is 34.6. The molecule has 0 aromatic heterocycles. The minimum atomic E-state index is -0.544. The molecule has 0 radical (unpaired) electrons. The van der Waals surface area contributed by atoms with Gasteiger partial charge in [-0.05, 0) is 71.7 Å². The van der Waals surface area contributed by atoms with E-state index in [1.807, 2.05) is 73.7 Å². The van der Waals surface area contributed by atoms with Gasteiger partial charge in [0, 0.05) is 16.1 Å². The third-order valence-corrected chi connectivity index (χ3v) is 8.84. The van der Waals surface area contributed by atoms with Crippen molar-refractivity contribution in [1.82, 2.24) is 5.32 Å². The Balaban J connectivity index is 1.33. The van der Waals surface area contributed by atoms with Crippen molar-refractivity contribution in [3.8, 4) is 11.1 Å². The van der Waals surface area contributed by atoms with Crippen LogP contribution < -0.4 is 16.0 Å². The second-order valence-corrected chi connectivity index (χ2v) is 12.2. The number of benzene rings is 5. The van der Waals surface area contributed by atoms with Crippen molar-refractivity contribution in [3.63, 3.8) is 0 Å². The second-order valence-electron chi connectivity index (χ2n) is 10.9. The van der Waals surface area contributed by atoms with E-state index < -0.39 is 23.0 Å². The fraction of sp³-hybridized carbons (Fsp3) is 0.100. The van der Waals surface area contributed by atoms with Crippen LogP contribution in [0, 0.1) is 0 Å². The van der Waals surface area contributed by atoms with E-state index in [9.17, 15) is 19.2 Å². The predicted octanol–water partition coefficient (Wildman–Crippen LogP) is 8.06. The first-order valence-corrected chi connectivity index (χ1v) is 16.5. The molecule has 0 saturated carbocycles. The van der Waals surface area contributed by atoms with Gasteiger partial charge in [-0.1, -0.05) is 97.9 Å². The number of para-hydroxylation sites is 1. The summed E-state index contributed by atoms with van der Waals surface area (Å²) in [6.07, 6.45) is 2.14. The lowest BCUT2D eigenvalue weighted by atomic mass is 10.0. The van der Waals surface area contributed by atoms with Gasteiger partial charge in [-0.3, -0.25) is 14.4 Å². The number of methoxy groups -OCH3 is 1. The van der Waals surface area contributed by atoms with Gasteiger partial charge >= 0.3 is 5.97 Å². The summed E-state index contributed by atoms with van der Waals surface area (Å²) >= 11 is 1.33. The summed E-state index contributed by atoms with van der Waals surface area (Å²) < 4.78 is 4.84. The molecule has 0 saturated heterocycles. The number of anilines is 2. The van der Waals surface area contributed by atoms with Crippen molar-refractivity contribution in [2.24, 2.45) is 0 Å². The molecule has 0 bridgehead atoms. The van der Waals surface area contributed by atoms with Gasteiger partial charge in [0.1, 0.15) is 5.70 Å². The Labute approximate surface area is 289 Å². The highest BCUT2D eigenvalue weighted by Gasteiger charge is 2.21. The first-order chi connectivity index (χ1) is 23.8. The highest BCUT2D eigenvalue weighted by molar-refractivity contribution is 8.00. The van der Waals surface area contributed by atoms with Crippen LogP contribution >= 0.6 is 11.8 Å². The molecule has 0 aliphatic carbocycles. The van der Waals surface area contributed by atoms with Gasteiger partial charge < -0.3 is 20.7 Å². The van der Waals surface area contributed by atoms with E-state index in [2.05, 4.69) is 16.0 Å². The SMILES string of the molecule is CCC(Sc1cccc(NC(=O)/C(=C\c2ccc(-c3ccccc3)cc2)NC(=O)c2ccccc2)c1)C(=O)Nc1ccccc1C(=O)OC. The quantitative estimate of drug-likeness (QED) is 0.0704. The van der Waals surface area contributed by atoms with Gasteiger partial charge in [-0.15, -0.1) is 11.8 Å². The highest BCUT2D eigenvalue weighted by atomic mass is 32.2. The number of rotatable bonds is 12. The second kappa shape index (κ2) is 16.8. The number of amides is 3. The molecule has 5 aromatic carbocycles. The molecular formula is C40H35N3O5S.